The summed E-state index contributed by atoms with van der Waals surface area (Å²) in [6.45, 7) is 3.61. The number of nitrogens with zero attached hydrogens (tertiary/aromatic N) is 2. The molecule has 0 fully saturated rings. The average Bonchev–Trinajstić information content (AvgIpc) is 3.05. The molecule has 0 aromatic carbocycles. The first kappa shape index (κ1) is 15.7. The van der Waals surface area contributed by atoms with Crippen LogP contribution in [0.2, 0.25) is 0 Å². The Morgan fingerprint density at radius 2 is 2.24 bits per heavy atom. The van der Waals surface area contributed by atoms with Gasteiger partial charge in [0.05, 0.1) is 29.2 Å². The number of halogens is 1. The lowest BCUT2D eigenvalue weighted by Gasteiger charge is -2.14. The second kappa shape index (κ2) is 6.40. The van der Waals surface area contributed by atoms with Crippen LogP contribution < -0.4 is 5.32 Å². The summed E-state index contributed by atoms with van der Waals surface area (Å²) in [5.41, 5.74) is 1.31. The maximum Gasteiger partial charge on any atom is 0.350 e. The number of methoxy groups -OCH3 is 1. The highest BCUT2D eigenvalue weighted by atomic mass is 79.9. The van der Waals surface area contributed by atoms with Crippen molar-refractivity contribution in [1.29, 1.82) is 0 Å². The number of ether oxygens (including phenoxy) is 1. The summed E-state index contributed by atoms with van der Waals surface area (Å²) >= 11 is 4.58. The van der Waals surface area contributed by atoms with Crippen LogP contribution in [0.1, 0.15) is 28.3 Å². The molecule has 21 heavy (non-hydrogen) atoms. The largest absolute Gasteiger partial charge is 0.465 e. The molecule has 0 spiro atoms. The second-order valence-corrected chi connectivity index (χ2v) is 6.11. The van der Waals surface area contributed by atoms with Crippen molar-refractivity contribution in [1.82, 2.24) is 9.78 Å². The lowest BCUT2D eigenvalue weighted by Crippen LogP contribution is -2.25. The zero-order valence-corrected chi connectivity index (χ0v) is 14.1. The highest BCUT2D eigenvalue weighted by Crippen LogP contribution is 2.25. The van der Waals surface area contributed by atoms with Crippen molar-refractivity contribution in [2.24, 2.45) is 0 Å². The van der Waals surface area contributed by atoms with E-state index in [4.69, 9.17) is 0 Å². The number of nitrogens with one attached hydrogen (secondary N) is 1. The van der Waals surface area contributed by atoms with Crippen LogP contribution in [-0.4, -0.2) is 28.8 Å². The Hall–Kier alpha value is -1.67. The van der Waals surface area contributed by atoms with Gasteiger partial charge in [-0.25, -0.2) is 4.79 Å². The summed E-state index contributed by atoms with van der Waals surface area (Å²) < 4.78 is 7.14. The third-order valence-corrected chi connectivity index (χ3v) is 4.70. The van der Waals surface area contributed by atoms with Gasteiger partial charge >= 0.3 is 5.97 Å². The molecule has 2 aromatic heterocycles. The molecule has 112 valence electrons. The zero-order chi connectivity index (χ0) is 15.6. The Morgan fingerprint density at radius 3 is 2.81 bits per heavy atom. The van der Waals surface area contributed by atoms with E-state index >= 15 is 0 Å². The van der Waals surface area contributed by atoms with Crippen LogP contribution in [-0.2, 0) is 9.53 Å². The normalized spacial score (nSPS) is 12.0. The molecule has 6 nitrogen and oxygen atoms in total. The van der Waals surface area contributed by atoms with E-state index in [0.717, 1.165) is 10.2 Å². The van der Waals surface area contributed by atoms with Gasteiger partial charge in [0.2, 0.25) is 5.91 Å². The van der Waals surface area contributed by atoms with E-state index < -0.39 is 12.0 Å². The van der Waals surface area contributed by atoms with Crippen LogP contribution in [0.25, 0.3) is 0 Å². The molecule has 0 radical (unpaired) electrons. The van der Waals surface area contributed by atoms with Gasteiger partial charge in [-0.1, -0.05) is 0 Å². The molecule has 1 atom stereocenters. The quantitative estimate of drug-likeness (QED) is 0.838. The van der Waals surface area contributed by atoms with E-state index in [0.29, 0.717) is 10.6 Å². The van der Waals surface area contributed by atoms with Crippen LogP contribution in [0, 0.1) is 6.92 Å². The lowest BCUT2D eigenvalue weighted by molar-refractivity contribution is -0.119. The summed E-state index contributed by atoms with van der Waals surface area (Å²) in [5, 5.41) is 8.62. The van der Waals surface area contributed by atoms with Crippen LogP contribution in [0.3, 0.4) is 0 Å². The molecule has 2 heterocycles. The smallest absolute Gasteiger partial charge is 0.350 e. The number of amides is 1. The van der Waals surface area contributed by atoms with Gasteiger partial charge in [-0.2, -0.15) is 5.10 Å². The Bertz CT molecular complexity index is 680. The molecule has 8 heteroatoms. The second-order valence-electron chi connectivity index (χ2n) is 4.34. The van der Waals surface area contributed by atoms with Crippen LogP contribution in [0.4, 0.5) is 5.69 Å². The van der Waals surface area contributed by atoms with Gasteiger partial charge in [-0.3, -0.25) is 9.48 Å². The Morgan fingerprint density at radius 1 is 1.52 bits per heavy atom. The highest BCUT2D eigenvalue weighted by Gasteiger charge is 2.21. The molecule has 0 aliphatic rings. The standard InChI is InChI=1S/C13H14BrN3O3S/c1-7-9(14)6-15-17(7)8(2)12(18)16-10-4-5-21-11(10)13(19)20-3/h4-6,8H,1-3H3,(H,16,18). The molecule has 0 saturated carbocycles. The van der Waals surface area contributed by atoms with Crippen molar-refractivity contribution in [3.8, 4) is 0 Å². The summed E-state index contributed by atoms with van der Waals surface area (Å²) in [7, 11) is 1.31. The van der Waals surface area contributed by atoms with Crippen molar-refractivity contribution >= 4 is 44.8 Å². The minimum atomic E-state index is -0.498. The van der Waals surface area contributed by atoms with Crippen LogP contribution in [0.15, 0.2) is 22.1 Å². The monoisotopic (exact) mass is 371 g/mol. The fraction of sp³-hybridized carbons (Fsp3) is 0.308. The molecule has 0 saturated heterocycles. The first-order valence-electron chi connectivity index (χ1n) is 6.12. The Balaban J connectivity index is 2.17. The van der Waals surface area contributed by atoms with Gasteiger partial charge in [0, 0.05) is 0 Å². The summed E-state index contributed by atoms with van der Waals surface area (Å²) in [5.74, 6) is -0.719. The minimum absolute atomic E-state index is 0.253. The maximum absolute atomic E-state index is 12.3. The van der Waals surface area contributed by atoms with E-state index in [2.05, 4.69) is 31.1 Å². The Kier molecular flexibility index (Phi) is 4.79. The predicted octanol–water partition coefficient (Wildman–Crippen LogP) is 3.00. The number of hydrogen-bond donors (Lipinski definition) is 1. The van der Waals surface area contributed by atoms with E-state index in [1.165, 1.54) is 18.4 Å². The fourth-order valence-electron chi connectivity index (χ4n) is 1.80. The molecule has 1 unspecified atom stereocenters. The maximum atomic E-state index is 12.3. The molecule has 0 aliphatic heterocycles. The van der Waals surface area contributed by atoms with E-state index in [1.807, 2.05) is 6.92 Å². The summed E-state index contributed by atoms with van der Waals surface area (Å²) in [6, 6.07) is 1.18. The Labute approximate surface area is 134 Å². The van der Waals surface area contributed by atoms with Crippen molar-refractivity contribution in [3.05, 3.63) is 32.7 Å². The molecule has 1 N–H and O–H groups in total. The number of thiophene rings is 1. The van der Waals surface area contributed by atoms with Gasteiger partial charge < -0.3 is 10.1 Å². The topological polar surface area (TPSA) is 73.2 Å². The third kappa shape index (κ3) is 3.16. The van der Waals surface area contributed by atoms with Crippen molar-refractivity contribution in [2.45, 2.75) is 19.9 Å². The number of esters is 1. The lowest BCUT2D eigenvalue weighted by atomic mass is 10.3. The highest BCUT2D eigenvalue weighted by molar-refractivity contribution is 9.10. The van der Waals surface area contributed by atoms with E-state index in [-0.39, 0.29) is 5.91 Å². The third-order valence-electron chi connectivity index (χ3n) is 3.02. The number of aromatic nitrogens is 2. The predicted molar refractivity (Wildman–Crippen MR) is 83.7 cm³/mol. The van der Waals surface area contributed by atoms with Gasteiger partial charge in [0.25, 0.3) is 0 Å². The van der Waals surface area contributed by atoms with Gasteiger partial charge in [0.1, 0.15) is 10.9 Å². The minimum Gasteiger partial charge on any atom is -0.465 e. The van der Waals surface area contributed by atoms with E-state index in [1.54, 1.807) is 29.2 Å². The number of carbonyl (C=O) groups is 2. The average molecular weight is 372 g/mol. The SMILES string of the molecule is COC(=O)c1sccc1NC(=O)C(C)n1ncc(Br)c1C. The molecule has 0 bridgehead atoms. The van der Waals surface area contributed by atoms with E-state index in [9.17, 15) is 9.59 Å². The first-order chi connectivity index (χ1) is 9.95. The van der Waals surface area contributed by atoms with Crippen molar-refractivity contribution in [2.75, 3.05) is 12.4 Å². The molecular formula is C13H14BrN3O3S. The number of carbonyl (C=O) groups excluding carboxylic acids is 2. The van der Waals surface area contributed by atoms with Crippen molar-refractivity contribution in [3.63, 3.8) is 0 Å². The summed E-state index contributed by atoms with van der Waals surface area (Å²) in [4.78, 5) is 24.3. The molecule has 2 rings (SSSR count). The van der Waals surface area contributed by atoms with Gasteiger partial charge in [0.15, 0.2) is 0 Å². The number of anilines is 1. The first-order valence-corrected chi connectivity index (χ1v) is 7.79. The van der Waals surface area contributed by atoms with Gasteiger partial charge in [-0.15, -0.1) is 11.3 Å². The van der Waals surface area contributed by atoms with Crippen molar-refractivity contribution < 1.29 is 14.3 Å². The number of rotatable bonds is 4. The van der Waals surface area contributed by atoms with Crippen LogP contribution in [0.5, 0.6) is 0 Å². The van der Waals surface area contributed by atoms with Gasteiger partial charge in [-0.05, 0) is 41.2 Å². The number of hydrogen-bond acceptors (Lipinski definition) is 5. The fourth-order valence-corrected chi connectivity index (χ4v) is 2.84. The molecule has 1 amide bonds. The van der Waals surface area contributed by atoms with Crippen LogP contribution >= 0.6 is 27.3 Å². The zero-order valence-electron chi connectivity index (χ0n) is 11.7. The molecular weight excluding hydrogens is 358 g/mol. The summed E-state index contributed by atoms with van der Waals surface area (Å²) in [6.07, 6.45) is 1.64. The molecule has 0 aliphatic carbocycles. The molecule has 2 aromatic rings.